The molecule has 0 radical (unpaired) electrons. The first kappa shape index (κ1) is 32.1. The third kappa shape index (κ3) is 4.86. The molecule has 0 fully saturated rings. The van der Waals surface area contributed by atoms with Crippen molar-refractivity contribution in [2.45, 2.75) is 70.6 Å². The van der Waals surface area contributed by atoms with Crippen LogP contribution in [0.3, 0.4) is 0 Å². The van der Waals surface area contributed by atoms with E-state index in [0.29, 0.717) is 17.4 Å². The molecule has 0 saturated heterocycles. The van der Waals surface area contributed by atoms with Gasteiger partial charge in [0.05, 0.1) is 0 Å². The lowest BCUT2D eigenvalue weighted by Gasteiger charge is -2.22. The third-order valence-corrected chi connectivity index (χ3v) is 12.8. The van der Waals surface area contributed by atoms with Crippen molar-refractivity contribution < 1.29 is 14.6 Å². The number of allylic oxidation sites excluding steroid dienone is 6. The molecule has 4 aliphatic rings. The van der Waals surface area contributed by atoms with Crippen molar-refractivity contribution in [2.24, 2.45) is 5.92 Å². The molecular formula is C50H44O3. The van der Waals surface area contributed by atoms with E-state index >= 15 is 0 Å². The zero-order valence-corrected chi connectivity index (χ0v) is 30.9. The predicted molar refractivity (Wildman–Crippen MR) is 217 cm³/mol. The minimum Gasteiger partial charge on any atom is -0.508 e. The normalized spacial score (nSPS) is 18.3. The van der Waals surface area contributed by atoms with Crippen LogP contribution >= 0.6 is 0 Å². The van der Waals surface area contributed by atoms with E-state index < -0.39 is 0 Å². The standard InChI is InChI=1S/C50H44O3/c1-49(2)42-25-31(15-19-36(42)38-21-17-34(51)27-44(38)49)33-23-40(32-16-20-37-39-22-18-35(52)28-45(39)50(3,4)43(37)26-32)48-41(24-33)47-30(11-8-12-46(47)53-48)14-13-29-9-6-5-7-10-29/h5-7,9,11,15-29,51-52H,8,10,12-14H2,1-4H3. The first-order valence-electron chi connectivity index (χ1n) is 19.2. The van der Waals surface area contributed by atoms with Crippen LogP contribution < -0.4 is 0 Å². The van der Waals surface area contributed by atoms with Gasteiger partial charge in [-0.25, -0.2) is 0 Å². The fourth-order valence-corrected chi connectivity index (χ4v) is 9.85. The van der Waals surface area contributed by atoms with Crippen LogP contribution in [-0.2, 0) is 17.3 Å². The Morgan fingerprint density at radius 2 is 1.25 bits per heavy atom. The molecule has 5 aromatic carbocycles. The summed E-state index contributed by atoms with van der Waals surface area (Å²) in [5.74, 6) is 2.28. The minimum atomic E-state index is -0.258. The van der Waals surface area contributed by atoms with E-state index in [1.165, 1.54) is 61.0 Å². The van der Waals surface area contributed by atoms with Crippen LogP contribution in [0.5, 0.6) is 11.5 Å². The van der Waals surface area contributed by atoms with Gasteiger partial charge in [-0.1, -0.05) is 94.5 Å². The lowest BCUT2D eigenvalue weighted by atomic mass is 9.80. The van der Waals surface area contributed by atoms with Crippen molar-refractivity contribution in [3.8, 4) is 56.0 Å². The summed E-state index contributed by atoms with van der Waals surface area (Å²) in [6.45, 7) is 9.05. The monoisotopic (exact) mass is 692 g/mol. The van der Waals surface area contributed by atoms with Crippen molar-refractivity contribution in [1.82, 2.24) is 0 Å². The second kappa shape index (κ2) is 11.5. The molecule has 1 atom stereocenters. The van der Waals surface area contributed by atoms with E-state index in [0.717, 1.165) is 65.7 Å². The first-order valence-corrected chi connectivity index (χ1v) is 19.2. The van der Waals surface area contributed by atoms with E-state index in [2.05, 4.69) is 119 Å². The molecule has 0 saturated carbocycles. The van der Waals surface area contributed by atoms with Crippen molar-refractivity contribution in [3.05, 3.63) is 149 Å². The van der Waals surface area contributed by atoms with E-state index in [4.69, 9.17) is 4.42 Å². The quantitative estimate of drug-likeness (QED) is 0.189. The summed E-state index contributed by atoms with van der Waals surface area (Å²) in [6, 6.07) is 30.1. The van der Waals surface area contributed by atoms with Crippen molar-refractivity contribution >= 4 is 16.5 Å². The smallest absolute Gasteiger partial charge is 0.142 e. The molecule has 3 heteroatoms. The maximum atomic E-state index is 10.4. The summed E-state index contributed by atoms with van der Waals surface area (Å²) in [5, 5.41) is 22.0. The average Bonchev–Trinajstić information content (AvgIpc) is 3.73. The number of aryl methyl sites for hydroxylation is 1. The van der Waals surface area contributed by atoms with E-state index in [9.17, 15) is 10.2 Å². The van der Waals surface area contributed by atoms with Crippen LogP contribution in [0.25, 0.3) is 61.0 Å². The van der Waals surface area contributed by atoms with Gasteiger partial charge in [-0.3, -0.25) is 0 Å². The predicted octanol–water partition coefficient (Wildman–Crippen LogP) is 13.0. The van der Waals surface area contributed by atoms with Crippen molar-refractivity contribution in [3.63, 3.8) is 0 Å². The highest BCUT2D eigenvalue weighted by Crippen LogP contribution is 2.53. The van der Waals surface area contributed by atoms with Crippen LogP contribution in [0.15, 0.2) is 120 Å². The summed E-state index contributed by atoms with van der Waals surface area (Å²) in [4.78, 5) is 0. The molecule has 53 heavy (non-hydrogen) atoms. The summed E-state index contributed by atoms with van der Waals surface area (Å²) >= 11 is 0. The van der Waals surface area contributed by atoms with Crippen LogP contribution in [-0.4, -0.2) is 10.2 Å². The molecule has 262 valence electrons. The number of fused-ring (bicyclic) bond motifs is 9. The Morgan fingerprint density at radius 3 is 1.89 bits per heavy atom. The molecular weight excluding hydrogens is 649 g/mol. The molecule has 0 bridgehead atoms. The van der Waals surface area contributed by atoms with Gasteiger partial charge in [0, 0.05) is 33.8 Å². The number of aromatic hydroxyl groups is 2. The molecule has 1 heterocycles. The van der Waals surface area contributed by atoms with Crippen molar-refractivity contribution in [2.75, 3.05) is 0 Å². The summed E-state index contributed by atoms with van der Waals surface area (Å²) < 4.78 is 6.98. The molecule has 6 aromatic rings. The Hall–Kier alpha value is -5.54. The number of hydrogen-bond acceptors (Lipinski definition) is 3. The number of hydrogen-bond donors (Lipinski definition) is 2. The topological polar surface area (TPSA) is 53.6 Å². The highest BCUT2D eigenvalue weighted by atomic mass is 16.3. The molecule has 4 aliphatic carbocycles. The molecule has 2 N–H and O–H groups in total. The second-order valence-electron chi connectivity index (χ2n) is 16.6. The maximum Gasteiger partial charge on any atom is 0.142 e. The second-order valence-corrected chi connectivity index (χ2v) is 16.6. The highest BCUT2D eigenvalue weighted by Gasteiger charge is 2.38. The molecule has 3 nitrogen and oxygen atoms in total. The molecule has 10 rings (SSSR count). The van der Waals surface area contributed by atoms with Gasteiger partial charge in [-0.2, -0.15) is 0 Å². The van der Waals surface area contributed by atoms with Gasteiger partial charge < -0.3 is 14.6 Å². The summed E-state index contributed by atoms with van der Waals surface area (Å²) in [5.41, 5.74) is 17.5. The molecule has 0 aliphatic heterocycles. The van der Waals surface area contributed by atoms with Crippen LogP contribution in [0.2, 0.25) is 0 Å². The number of phenols is 2. The Bertz CT molecular complexity index is 2620. The Balaban J connectivity index is 1.15. The Kier molecular flexibility index (Phi) is 6.96. The van der Waals surface area contributed by atoms with E-state index in [1.807, 2.05) is 12.1 Å². The van der Waals surface area contributed by atoms with Gasteiger partial charge in [-0.05, 0) is 147 Å². The van der Waals surface area contributed by atoms with Crippen LogP contribution in [0.1, 0.15) is 87.0 Å². The first-order chi connectivity index (χ1) is 25.6. The lowest BCUT2D eigenvalue weighted by molar-refractivity contribution is 0.472. The Labute approximate surface area is 311 Å². The zero-order chi connectivity index (χ0) is 36.2. The van der Waals surface area contributed by atoms with Crippen LogP contribution in [0, 0.1) is 5.92 Å². The molecule has 1 aromatic heterocycles. The summed E-state index contributed by atoms with van der Waals surface area (Å²) in [7, 11) is 0. The molecule has 0 amide bonds. The SMILES string of the molecule is CC1(C)c2cc(O)ccc2-c2ccc(-c3cc(-c4ccc5c(c4)C(C)(C)c4cc(O)ccc4-5)c4oc5c(c4c3)C(CCC3C=CC=CC3)=CCC5)cc21. The summed E-state index contributed by atoms with van der Waals surface area (Å²) in [6.07, 6.45) is 16.6. The third-order valence-electron chi connectivity index (χ3n) is 12.8. The maximum absolute atomic E-state index is 10.4. The van der Waals surface area contributed by atoms with E-state index in [1.54, 1.807) is 12.1 Å². The van der Waals surface area contributed by atoms with Gasteiger partial charge in [0.25, 0.3) is 0 Å². The van der Waals surface area contributed by atoms with Gasteiger partial charge in [0.15, 0.2) is 0 Å². The fraction of sp³-hybridized carbons (Fsp3) is 0.240. The lowest BCUT2D eigenvalue weighted by Crippen LogP contribution is -2.15. The number of phenolic OH excluding ortho intramolecular Hbond substituents is 2. The zero-order valence-electron chi connectivity index (χ0n) is 30.9. The number of benzene rings is 5. The highest BCUT2D eigenvalue weighted by molar-refractivity contribution is 6.04. The van der Waals surface area contributed by atoms with E-state index in [-0.39, 0.29) is 10.8 Å². The largest absolute Gasteiger partial charge is 0.508 e. The molecule has 0 spiro atoms. The number of furan rings is 1. The van der Waals surface area contributed by atoms with Crippen molar-refractivity contribution in [1.29, 1.82) is 0 Å². The minimum absolute atomic E-state index is 0.241. The van der Waals surface area contributed by atoms with Gasteiger partial charge in [0.2, 0.25) is 0 Å². The number of rotatable bonds is 5. The fourth-order valence-electron chi connectivity index (χ4n) is 9.85. The van der Waals surface area contributed by atoms with Crippen LogP contribution in [0.4, 0.5) is 0 Å². The Morgan fingerprint density at radius 1 is 0.642 bits per heavy atom. The van der Waals surface area contributed by atoms with Gasteiger partial charge >= 0.3 is 0 Å². The average molecular weight is 693 g/mol. The van der Waals surface area contributed by atoms with Gasteiger partial charge in [-0.15, -0.1) is 0 Å². The van der Waals surface area contributed by atoms with Gasteiger partial charge in [0.1, 0.15) is 22.8 Å². The molecule has 1 unspecified atom stereocenters.